The number of benzene rings is 3. The zero-order valence-electron chi connectivity index (χ0n) is 16.6. The molecule has 2 heterocycles. The fourth-order valence-electron chi connectivity index (χ4n) is 4.04. The number of hydrogen-bond donors (Lipinski definition) is 0. The molecule has 0 aliphatic heterocycles. The Bertz CT molecular complexity index is 1380. The first-order valence-corrected chi connectivity index (χ1v) is 9.90. The molecule has 2 aromatic heterocycles. The normalized spacial score (nSPS) is 11.8. The van der Waals surface area contributed by atoms with Gasteiger partial charge in [0, 0.05) is 33.7 Å². The molecule has 5 rings (SSSR count). The maximum atomic E-state index is 5.29. The Hall–Kier alpha value is -3.59. The van der Waals surface area contributed by atoms with Crippen molar-refractivity contribution >= 4 is 44.9 Å². The molecule has 0 N–H and O–H groups in total. The lowest BCUT2D eigenvalue weighted by atomic mass is 10.1. The topological polar surface area (TPSA) is 27.1 Å². The molecular weight excluding hydrogens is 356 g/mol. The molecule has 0 aliphatic rings. The van der Waals surface area contributed by atoms with Gasteiger partial charge in [0.05, 0.1) is 18.3 Å². The minimum Gasteiger partial charge on any atom is -0.497 e. The fourth-order valence-corrected chi connectivity index (χ4v) is 4.04. The highest BCUT2D eigenvalue weighted by molar-refractivity contribution is 6.08. The van der Waals surface area contributed by atoms with Crippen LogP contribution in [0.4, 0.5) is 0 Å². The van der Waals surface area contributed by atoms with E-state index in [1.807, 2.05) is 24.3 Å². The van der Waals surface area contributed by atoms with Gasteiger partial charge in [-0.05, 0) is 61.0 Å². The molecule has 3 heteroatoms. The molecule has 29 heavy (non-hydrogen) atoms. The van der Waals surface area contributed by atoms with Gasteiger partial charge in [0.1, 0.15) is 5.75 Å². The number of aromatic nitrogens is 2. The Kier molecular flexibility index (Phi) is 4.28. The fraction of sp³-hybridized carbons (Fsp3) is 0.115. The lowest BCUT2D eigenvalue weighted by molar-refractivity contribution is 0.415. The Morgan fingerprint density at radius 3 is 2.59 bits per heavy atom. The quantitative estimate of drug-likeness (QED) is 0.355. The van der Waals surface area contributed by atoms with E-state index in [-0.39, 0.29) is 0 Å². The van der Waals surface area contributed by atoms with Crippen LogP contribution in [0, 0.1) is 0 Å². The third-order valence-electron chi connectivity index (χ3n) is 5.48. The Balaban J connectivity index is 1.53. The number of rotatable bonds is 4. The maximum Gasteiger partial charge on any atom is 0.119 e. The van der Waals surface area contributed by atoms with Crippen LogP contribution in [0.15, 0.2) is 72.8 Å². The van der Waals surface area contributed by atoms with Gasteiger partial charge >= 0.3 is 0 Å². The first kappa shape index (κ1) is 17.5. The Morgan fingerprint density at radius 2 is 1.72 bits per heavy atom. The molecule has 0 bridgehead atoms. The number of ether oxygens (including phenoxy) is 1. The SMILES string of the molecule is CCn1c2ccccc2c2cc(/C=C/c3ccc4cc(OC)ccc4n3)ccc21. The van der Waals surface area contributed by atoms with Crippen molar-refractivity contribution in [1.82, 2.24) is 9.55 Å². The molecule has 0 unspecified atom stereocenters. The second-order valence-electron chi connectivity index (χ2n) is 7.17. The third-order valence-corrected chi connectivity index (χ3v) is 5.48. The summed E-state index contributed by atoms with van der Waals surface area (Å²) >= 11 is 0. The van der Waals surface area contributed by atoms with Gasteiger partial charge in [0.15, 0.2) is 0 Å². The van der Waals surface area contributed by atoms with Crippen LogP contribution >= 0.6 is 0 Å². The molecule has 0 spiro atoms. The van der Waals surface area contributed by atoms with E-state index in [0.29, 0.717) is 0 Å². The van der Waals surface area contributed by atoms with Crippen LogP contribution in [0.5, 0.6) is 5.75 Å². The van der Waals surface area contributed by atoms with Crippen molar-refractivity contribution in [3.63, 3.8) is 0 Å². The molecule has 3 aromatic carbocycles. The third kappa shape index (κ3) is 3.05. The molecular formula is C26H22N2O. The molecule has 0 atom stereocenters. The number of methoxy groups -OCH3 is 1. The monoisotopic (exact) mass is 378 g/mol. The summed E-state index contributed by atoms with van der Waals surface area (Å²) in [6.45, 7) is 3.16. The van der Waals surface area contributed by atoms with E-state index in [2.05, 4.69) is 72.2 Å². The lowest BCUT2D eigenvalue weighted by Gasteiger charge is -2.03. The van der Waals surface area contributed by atoms with Gasteiger partial charge in [0.2, 0.25) is 0 Å². The van der Waals surface area contributed by atoms with E-state index in [4.69, 9.17) is 9.72 Å². The molecule has 3 nitrogen and oxygen atoms in total. The van der Waals surface area contributed by atoms with E-state index < -0.39 is 0 Å². The van der Waals surface area contributed by atoms with E-state index in [9.17, 15) is 0 Å². The summed E-state index contributed by atoms with van der Waals surface area (Å²) in [5.41, 5.74) is 5.66. The summed E-state index contributed by atoms with van der Waals surface area (Å²) < 4.78 is 7.66. The lowest BCUT2D eigenvalue weighted by Crippen LogP contribution is -1.92. The van der Waals surface area contributed by atoms with Gasteiger partial charge in [-0.15, -0.1) is 0 Å². The number of hydrogen-bond acceptors (Lipinski definition) is 2. The van der Waals surface area contributed by atoms with E-state index in [1.54, 1.807) is 7.11 Å². The number of para-hydroxylation sites is 1. The van der Waals surface area contributed by atoms with E-state index in [1.165, 1.54) is 27.4 Å². The zero-order chi connectivity index (χ0) is 19.8. The van der Waals surface area contributed by atoms with Crippen molar-refractivity contribution in [2.45, 2.75) is 13.5 Å². The van der Waals surface area contributed by atoms with Crippen LogP contribution in [0.2, 0.25) is 0 Å². The number of pyridine rings is 1. The number of aryl methyl sites for hydroxylation is 1. The highest BCUT2D eigenvalue weighted by Crippen LogP contribution is 2.30. The van der Waals surface area contributed by atoms with E-state index >= 15 is 0 Å². The Labute approximate surface area is 169 Å². The molecule has 0 saturated heterocycles. The van der Waals surface area contributed by atoms with Crippen molar-refractivity contribution in [3.8, 4) is 5.75 Å². The first-order valence-electron chi connectivity index (χ1n) is 9.90. The van der Waals surface area contributed by atoms with Gasteiger partial charge in [0.25, 0.3) is 0 Å². The van der Waals surface area contributed by atoms with Crippen molar-refractivity contribution in [1.29, 1.82) is 0 Å². The summed E-state index contributed by atoms with van der Waals surface area (Å²) in [5.74, 6) is 0.849. The zero-order valence-corrected chi connectivity index (χ0v) is 16.6. The van der Waals surface area contributed by atoms with Crippen molar-refractivity contribution in [2.24, 2.45) is 0 Å². The Morgan fingerprint density at radius 1 is 0.862 bits per heavy atom. The van der Waals surface area contributed by atoms with Crippen molar-refractivity contribution in [3.05, 3.63) is 84.1 Å². The minimum atomic E-state index is 0.849. The van der Waals surface area contributed by atoms with Gasteiger partial charge < -0.3 is 9.30 Å². The first-order chi connectivity index (χ1) is 14.3. The van der Waals surface area contributed by atoms with E-state index in [0.717, 1.165) is 28.9 Å². The highest BCUT2D eigenvalue weighted by Gasteiger charge is 2.09. The van der Waals surface area contributed by atoms with Gasteiger partial charge in [-0.3, -0.25) is 0 Å². The summed E-state index contributed by atoms with van der Waals surface area (Å²) in [6.07, 6.45) is 4.21. The van der Waals surface area contributed by atoms with Crippen LogP contribution in [-0.2, 0) is 6.54 Å². The second-order valence-corrected chi connectivity index (χ2v) is 7.17. The van der Waals surface area contributed by atoms with Gasteiger partial charge in [-0.25, -0.2) is 4.98 Å². The van der Waals surface area contributed by atoms with Crippen LogP contribution < -0.4 is 4.74 Å². The summed E-state index contributed by atoms with van der Waals surface area (Å²) in [6, 6.07) is 25.4. The maximum absolute atomic E-state index is 5.29. The van der Waals surface area contributed by atoms with Gasteiger partial charge in [-0.1, -0.05) is 36.4 Å². The van der Waals surface area contributed by atoms with Crippen LogP contribution in [0.1, 0.15) is 18.2 Å². The summed E-state index contributed by atoms with van der Waals surface area (Å²) in [7, 11) is 1.68. The largest absolute Gasteiger partial charge is 0.497 e. The predicted octanol–water partition coefficient (Wildman–Crippen LogP) is 6.54. The minimum absolute atomic E-state index is 0.849. The molecule has 0 amide bonds. The van der Waals surface area contributed by atoms with Crippen molar-refractivity contribution in [2.75, 3.05) is 7.11 Å². The smallest absolute Gasteiger partial charge is 0.119 e. The molecule has 5 aromatic rings. The molecule has 0 aliphatic carbocycles. The van der Waals surface area contributed by atoms with Gasteiger partial charge in [-0.2, -0.15) is 0 Å². The molecule has 0 radical (unpaired) electrons. The molecule has 0 saturated carbocycles. The second kappa shape index (κ2) is 7.10. The van der Waals surface area contributed by atoms with Crippen LogP contribution in [-0.4, -0.2) is 16.7 Å². The van der Waals surface area contributed by atoms with Crippen molar-refractivity contribution < 1.29 is 4.74 Å². The average Bonchev–Trinajstić information content (AvgIpc) is 3.10. The van der Waals surface area contributed by atoms with Crippen LogP contribution in [0.25, 0.3) is 44.9 Å². The summed E-state index contributed by atoms with van der Waals surface area (Å²) in [4.78, 5) is 4.75. The standard InChI is InChI=1S/C26H22N2O/c1-3-28-25-7-5-4-6-22(25)23-16-18(9-15-26(23)28)8-11-20-12-10-19-17-21(29-2)13-14-24(19)27-20/h4-17H,3H2,1-2H3/b11-8+. The molecule has 142 valence electrons. The highest BCUT2D eigenvalue weighted by atomic mass is 16.5. The average molecular weight is 378 g/mol. The predicted molar refractivity (Wildman–Crippen MR) is 122 cm³/mol. The summed E-state index contributed by atoms with van der Waals surface area (Å²) in [5, 5.41) is 3.68. The number of fused-ring (bicyclic) bond motifs is 4. The molecule has 0 fully saturated rings. The number of nitrogens with zero attached hydrogens (tertiary/aromatic N) is 2. The van der Waals surface area contributed by atoms with Crippen LogP contribution in [0.3, 0.4) is 0 Å².